The van der Waals surface area contributed by atoms with Crippen molar-refractivity contribution in [1.29, 1.82) is 0 Å². The standard InChI is InChI=1S/C23H18O4/c24-21(15-6-2-1-3-7-15)13-19-18-9-5-4-8-17(18)14-27-22-11-10-16(23(25)26)12-20(19)22/h1-12,19H,13-14H2,(H,25,26). The van der Waals surface area contributed by atoms with Crippen LogP contribution in [0.2, 0.25) is 0 Å². The van der Waals surface area contributed by atoms with Crippen LogP contribution in [0.1, 0.15) is 49.7 Å². The summed E-state index contributed by atoms with van der Waals surface area (Å²) >= 11 is 0. The van der Waals surface area contributed by atoms with E-state index in [0.717, 1.165) is 16.7 Å². The van der Waals surface area contributed by atoms with Crippen LogP contribution in [0.3, 0.4) is 0 Å². The summed E-state index contributed by atoms with van der Waals surface area (Å²) in [6, 6.07) is 21.9. The number of hydrogen-bond donors (Lipinski definition) is 1. The first-order valence-electron chi connectivity index (χ1n) is 8.79. The van der Waals surface area contributed by atoms with Crippen molar-refractivity contribution in [2.75, 3.05) is 0 Å². The molecule has 4 nitrogen and oxygen atoms in total. The molecule has 0 saturated carbocycles. The fraction of sp³-hybridized carbons (Fsp3) is 0.130. The van der Waals surface area contributed by atoms with Gasteiger partial charge in [0.15, 0.2) is 5.78 Å². The molecule has 0 saturated heterocycles. The SMILES string of the molecule is O=C(O)c1ccc2c(c1)C(CC(=O)c1ccccc1)c1ccccc1CO2. The van der Waals surface area contributed by atoms with Gasteiger partial charge in [0.25, 0.3) is 0 Å². The van der Waals surface area contributed by atoms with E-state index in [-0.39, 0.29) is 23.7 Å². The van der Waals surface area contributed by atoms with E-state index < -0.39 is 5.97 Å². The van der Waals surface area contributed by atoms with Crippen LogP contribution in [0.15, 0.2) is 72.8 Å². The van der Waals surface area contributed by atoms with E-state index in [4.69, 9.17) is 4.74 Å². The molecule has 0 bridgehead atoms. The zero-order valence-electron chi connectivity index (χ0n) is 14.6. The second-order valence-electron chi connectivity index (χ2n) is 6.59. The van der Waals surface area contributed by atoms with Gasteiger partial charge >= 0.3 is 5.97 Å². The third-order valence-electron chi connectivity index (χ3n) is 4.93. The number of carbonyl (C=O) groups is 2. The van der Waals surface area contributed by atoms with Gasteiger partial charge in [-0.15, -0.1) is 0 Å². The van der Waals surface area contributed by atoms with Crippen molar-refractivity contribution in [1.82, 2.24) is 0 Å². The molecule has 1 atom stereocenters. The number of hydrogen-bond acceptors (Lipinski definition) is 3. The van der Waals surface area contributed by atoms with E-state index in [9.17, 15) is 14.7 Å². The molecule has 1 aliphatic rings. The Kier molecular flexibility index (Phi) is 4.47. The molecule has 3 aromatic rings. The Morgan fingerprint density at radius 1 is 0.889 bits per heavy atom. The van der Waals surface area contributed by atoms with Gasteiger partial charge in [-0.05, 0) is 29.3 Å². The van der Waals surface area contributed by atoms with Crippen molar-refractivity contribution in [3.8, 4) is 5.75 Å². The number of ketones is 1. The normalized spacial score (nSPS) is 15.0. The van der Waals surface area contributed by atoms with E-state index in [1.165, 1.54) is 6.07 Å². The molecular formula is C23H18O4. The number of benzene rings is 3. The minimum atomic E-state index is -0.997. The zero-order chi connectivity index (χ0) is 18.8. The topological polar surface area (TPSA) is 63.6 Å². The molecule has 4 heteroatoms. The predicted octanol–water partition coefficient (Wildman–Crippen LogP) is 4.68. The molecule has 1 heterocycles. The number of carboxylic acids is 1. The maximum Gasteiger partial charge on any atom is 0.335 e. The van der Waals surface area contributed by atoms with Crippen molar-refractivity contribution >= 4 is 11.8 Å². The number of fused-ring (bicyclic) bond motifs is 2. The number of Topliss-reactive ketones (excluding diaryl/α,β-unsaturated/α-hetero) is 1. The highest BCUT2D eigenvalue weighted by atomic mass is 16.5. The first-order chi connectivity index (χ1) is 13.1. The van der Waals surface area contributed by atoms with Gasteiger partial charge in [0, 0.05) is 23.5 Å². The zero-order valence-corrected chi connectivity index (χ0v) is 14.6. The first-order valence-corrected chi connectivity index (χ1v) is 8.79. The first kappa shape index (κ1) is 17.0. The van der Waals surface area contributed by atoms with Gasteiger partial charge in [-0.25, -0.2) is 4.79 Å². The van der Waals surface area contributed by atoms with E-state index >= 15 is 0 Å². The van der Waals surface area contributed by atoms with Crippen molar-refractivity contribution < 1.29 is 19.4 Å². The largest absolute Gasteiger partial charge is 0.489 e. The van der Waals surface area contributed by atoms with Gasteiger partial charge in [-0.1, -0.05) is 54.6 Å². The van der Waals surface area contributed by atoms with Gasteiger partial charge in [0.1, 0.15) is 12.4 Å². The minimum Gasteiger partial charge on any atom is -0.489 e. The lowest BCUT2D eigenvalue weighted by atomic mass is 9.83. The lowest BCUT2D eigenvalue weighted by molar-refractivity contribution is 0.0696. The highest BCUT2D eigenvalue weighted by molar-refractivity contribution is 5.97. The molecule has 4 rings (SSSR count). The van der Waals surface area contributed by atoms with Crippen LogP contribution in [0.4, 0.5) is 0 Å². The molecule has 3 aromatic carbocycles. The quantitative estimate of drug-likeness (QED) is 0.688. The smallest absolute Gasteiger partial charge is 0.335 e. The molecule has 0 aliphatic carbocycles. The maximum absolute atomic E-state index is 12.9. The summed E-state index contributed by atoms with van der Waals surface area (Å²) in [6.07, 6.45) is 0.250. The molecule has 134 valence electrons. The lowest BCUT2D eigenvalue weighted by Gasteiger charge is -2.19. The second-order valence-corrected chi connectivity index (χ2v) is 6.59. The third-order valence-corrected chi connectivity index (χ3v) is 4.93. The minimum absolute atomic E-state index is 0.0176. The summed E-state index contributed by atoms with van der Waals surface area (Å²) in [5, 5.41) is 9.39. The van der Waals surface area contributed by atoms with Crippen molar-refractivity contribution in [2.45, 2.75) is 18.9 Å². The Balaban J connectivity index is 1.82. The molecule has 0 amide bonds. The summed E-state index contributed by atoms with van der Waals surface area (Å²) in [5.41, 5.74) is 3.59. The van der Waals surface area contributed by atoms with Crippen molar-refractivity contribution in [3.63, 3.8) is 0 Å². The molecule has 0 spiro atoms. The molecule has 1 N–H and O–H groups in total. The molecule has 1 aliphatic heterocycles. The van der Waals surface area contributed by atoms with E-state index in [1.54, 1.807) is 24.3 Å². The lowest BCUT2D eigenvalue weighted by Crippen LogP contribution is -2.11. The van der Waals surface area contributed by atoms with Gasteiger partial charge < -0.3 is 9.84 Å². The molecule has 0 fully saturated rings. The Bertz CT molecular complexity index is 1010. The third kappa shape index (κ3) is 3.34. The molecule has 0 radical (unpaired) electrons. The average molecular weight is 358 g/mol. The van der Waals surface area contributed by atoms with Crippen LogP contribution in [0.25, 0.3) is 0 Å². The van der Waals surface area contributed by atoms with Crippen LogP contribution in [0.5, 0.6) is 5.75 Å². The van der Waals surface area contributed by atoms with Crippen LogP contribution < -0.4 is 4.74 Å². The highest BCUT2D eigenvalue weighted by Crippen LogP contribution is 2.40. The Hall–Kier alpha value is -3.40. The van der Waals surface area contributed by atoms with Gasteiger partial charge in [-0.2, -0.15) is 0 Å². The monoisotopic (exact) mass is 358 g/mol. The van der Waals surface area contributed by atoms with E-state index in [1.807, 2.05) is 42.5 Å². The number of rotatable bonds is 4. The molecule has 0 aromatic heterocycles. The van der Waals surface area contributed by atoms with Gasteiger partial charge in [-0.3, -0.25) is 4.79 Å². The maximum atomic E-state index is 12.9. The Morgan fingerprint density at radius 3 is 2.41 bits per heavy atom. The Morgan fingerprint density at radius 2 is 1.63 bits per heavy atom. The van der Waals surface area contributed by atoms with E-state index in [2.05, 4.69) is 0 Å². The van der Waals surface area contributed by atoms with Gasteiger partial charge in [0.05, 0.1) is 5.56 Å². The van der Waals surface area contributed by atoms with Crippen molar-refractivity contribution in [2.24, 2.45) is 0 Å². The van der Waals surface area contributed by atoms with Gasteiger partial charge in [0.2, 0.25) is 0 Å². The fourth-order valence-corrected chi connectivity index (χ4v) is 3.56. The van der Waals surface area contributed by atoms with Crippen LogP contribution in [-0.4, -0.2) is 16.9 Å². The fourth-order valence-electron chi connectivity index (χ4n) is 3.56. The average Bonchev–Trinajstić information content (AvgIpc) is 2.85. The summed E-state index contributed by atoms with van der Waals surface area (Å²) in [7, 11) is 0. The second kappa shape index (κ2) is 7.08. The predicted molar refractivity (Wildman–Crippen MR) is 101 cm³/mol. The van der Waals surface area contributed by atoms with E-state index in [0.29, 0.717) is 17.9 Å². The number of ether oxygens (including phenoxy) is 1. The molecular weight excluding hydrogens is 340 g/mol. The Labute approximate surface area is 157 Å². The number of aromatic carboxylic acids is 1. The molecule has 1 unspecified atom stereocenters. The highest BCUT2D eigenvalue weighted by Gasteiger charge is 2.28. The number of carbonyl (C=O) groups excluding carboxylic acids is 1. The summed E-state index contributed by atoms with van der Waals surface area (Å²) in [5.74, 6) is -0.611. The molecule has 27 heavy (non-hydrogen) atoms. The van der Waals surface area contributed by atoms with Crippen molar-refractivity contribution in [3.05, 3.63) is 101 Å². The summed E-state index contributed by atoms with van der Waals surface area (Å²) in [6.45, 7) is 0.394. The van der Waals surface area contributed by atoms with Crippen LogP contribution in [0, 0.1) is 0 Å². The summed E-state index contributed by atoms with van der Waals surface area (Å²) < 4.78 is 5.92. The van der Waals surface area contributed by atoms with Crippen LogP contribution >= 0.6 is 0 Å². The van der Waals surface area contributed by atoms with Crippen LogP contribution in [-0.2, 0) is 6.61 Å². The summed E-state index contributed by atoms with van der Waals surface area (Å²) in [4.78, 5) is 24.4. The number of carboxylic acid groups (broad SMARTS) is 1.